The van der Waals surface area contributed by atoms with Gasteiger partial charge in [0.05, 0.1) is 6.61 Å². The fourth-order valence-electron chi connectivity index (χ4n) is 4.40. The number of ether oxygens (including phenoxy) is 2. The van der Waals surface area contributed by atoms with Crippen LogP contribution < -0.4 is 4.74 Å². The van der Waals surface area contributed by atoms with Gasteiger partial charge in [0.15, 0.2) is 5.76 Å². The summed E-state index contributed by atoms with van der Waals surface area (Å²) >= 11 is 0. The van der Waals surface area contributed by atoms with Crippen LogP contribution in [0.5, 0.6) is 5.95 Å². The third kappa shape index (κ3) is 13.2. The number of likely N-dealkylation sites (tertiary alicyclic amines) is 1. The van der Waals surface area contributed by atoms with Crippen LogP contribution in [-0.4, -0.2) is 49.5 Å². The van der Waals surface area contributed by atoms with Gasteiger partial charge in [-0.15, -0.1) is 0 Å². The van der Waals surface area contributed by atoms with Crippen LogP contribution in [0.2, 0.25) is 0 Å². The first-order valence-electron chi connectivity index (χ1n) is 13.8. The molecule has 0 saturated carbocycles. The second kappa shape index (κ2) is 18.5. The number of ketones is 1. The molecule has 1 fully saturated rings. The van der Waals surface area contributed by atoms with E-state index in [0.29, 0.717) is 19.2 Å². The summed E-state index contributed by atoms with van der Waals surface area (Å²) in [5, 5.41) is 0. The minimum Gasteiger partial charge on any atom is -0.465 e. The van der Waals surface area contributed by atoms with Crippen LogP contribution in [0.15, 0.2) is 16.5 Å². The van der Waals surface area contributed by atoms with Crippen molar-refractivity contribution in [1.29, 1.82) is 0 Å². The third-order valence-electron chi connectivity index (χ3n) is 6.52. The van der Waals surface area contributed by atoms with E-state index in [1.807, 2.05) is 0 Å². The van der Waals surface area contributed by atoms with Crippen molar-refractivity contribution in [1.82, 2.24) is 4.90 Å². The molecule has 2 rings (SSSR count). The summed E-state index contributed by atoms with van der Waals surface area (Å²) in [6.45, 7) is 6.03. The van der Waals surface area contributed by atoms with Crippen molar-refractivity contribution < 1.29 is 23.5 Å². The highest BCUT2D eigenvalue weighted by Crippen LogP contribution is 2.18. The summed E-state index contributed by atoms with van der Waals surface area (Å²) in [6, 6.07) is 3.22. The molecule has 34 heavy (non-hydrogen) atoms. The molecule has 1 aromatic heterocycles. The van der Waals surface area contributed by atoms with Crippen molar-refractivity contribution in [3.63, 3.8) is 0 Å². The quantitative estimate of drug-likeness (QED) is 0.0875. The van der Waals surface area contributed by atoms with Crippen molar-refractivity contribution in [3.8, 4) is 5.95 Å². The maximum atomic E-state index is 12.3. The van der Waals surface area contributed by atoms with E-state index in [2.05, 4.69) is 11.8 Å². The molecule has 0 aliphatic carbocycles. The molecule has 1 aliphatic rings. The number of carbonyl (C=O) groups is 2. The zero-order chi connectivity index (χ0) is 24.3. The Morgan fingerprint density at radius 1 is 0.824 bits per heavy atom. The van der Waals surface area contributed by atoms with E-state index < -0.39 is 5.97 Å². The Morgan fingerprint density at radius 3 is 2.09 bits per heavy atom. The fraction of sp³-hybridized carbons (Fsp3) is 0.786. The first-order chi connectivity index (χ1) is 16.7. The molecule has 0 amide bonds. The van der Waals surface area contributed by atoms with Crippen molar-refractivity contribution in [3.05, 3.63) is 17.9 Å². The van der Waals surface area contributed by atoms with E-state index in [9.17, 15) is 9.59 Å². The molecule has 0 aromatic carbocycles. The molecule has 1 saturated heterocycles. The maximum absolute atomic E-state index is 12.3. The van der Waals surface area contributed by atoms with Crippen molar-refractivity contribution in [2.75, 3.05) is 32.8 Å². The molecular formula is C28H47NO5. The summed E-state index contributed by atoms with van der Waals surface area (Å²) in [4.78, 5) is 26.5. The Labute approximate surface area is 206 Å². The van der Waals surface area contributed by atoms with Gasteiger partial charge in [0.1, 0.15) is 13.0 Å². The predicted molar refractivity (Wildman–Crippen MR) is 135 cm³/mol. The lowest BCUT2D eigenvalue weighted by Gasteiger charge is -2.25. The molecule has 1 aliphatic heterocycles. The lowest BCUT2D eigenvalue weighted by molar-refractivity contribution is -0.143. The zero-order valence-corrected chi connectivity index (χ0v) is 21.5. The van der Waals surface area contributed by atoms with Gasteiger partial charge in [-0.1, -0.05) is 84.0 Å². The molecule has 6 heteroatoms. The van der Waals surface area contributed by atoms with E-state index >= 15 is 0 Å². The van der Waals surface area contributed by atoms with Gasteiger partial charge >= 0.3 is 5.97 Å². The minimum absolute atomic E-state index is 0.151. The number of unbranched alkanes of at least 4 members (excludes halogenated alkanes) is 11. The van der Waals surface area contributed by atoms with Gasteiger partial charge in [-0.2, -0.15) is 0 Å². The number of piperidine rings is 1. The normalized spacial score (nSPS) is 14.3. The Morgan fingerprint density at radius 2 is 1.44 bits per heavy atom. The molecule has 6 nitrogen and oxygen atoms in total. The summed E-state index contributed by atoms with van der Waals surface area (Å²) in [7, 11) is 0. The van der Waals surface area contributed by atoms with E-state index in [-0.39, 0.29) is 18.0 Å². The highest BCUT2D eigenvalue weighted by atomic mass is 16.6. The van der Waals surface area contributed by atoms with Gasteiger partial charge < -0.3 is 13.9 Å². The molecule has 0 atom stereocenters. The molecule has 1 aromatic rings. The summed E-state index contributed by atoms with van der Waals surface area (Å²) in [5.41, 5.74) is 0. The standard InChI is InChI=1S/C28H47NO5/c1-2-3-4-5-6-7-8-9-10-11-12-16-22-33-28-18-17-26(34-28)25(30)24-27(31)32-23-21-29-19-14-13-15-20-29/h17-18H,2-16,19-24H2,1H3. The molecule has 0 unspecified atom stereocenters. The average molecular weight is 478 g/mol. The lowest BCUT2D eigenvalue weighted by atomic mass is 10.1. The number of carbonyl (C=O) groups excluding carboxylic acids is 2. The summed E-state index contributed by atoms with van der Waals surface area (Å²) in [5.74, 6) is -0.386. The van der Waals surface area contributed by atoms with Crippen LogP contribution in [0.1, 0.15) is 120 Å². The van der Waals surface area contributed by atoms with Gasteiger partial charge in [-0.3, -0.25) is 14.5 Å². The molecule has 0 N–H and O–H groups in total. The molecule has 0 spiro atoms. The second-order valence-electron chi connectivity index (χ2n) is 9.58. The van der Waals surface area contributed by atoms with Gasteiger partial charge in [0.25, 0.3) is 5.95 Å². The SMILES string of the molecule is CCCCCCCCCCCCCCOc1ccc(C(=O)CC(=O)OCCN2CCCCC2)o1. The van der Waals surface area contributed by atoms with Gasteiger partial charge in [0.2, 0.25) is 5.78 Å². The average Bonchev–Trinajstić information content (AvgIpc) is 3.32. The van der Waals surface area contributed by atoms with Crippen LogP contribution in [-0.2, 0) is 9.53 Å². The van der Waals surface area contributed by atoms with Gasteiger partial charge in [-0.25, -0.2) is 0 Å². The first kappa shape index (κ1) is 28.4. The number of hydrogen-bond donors (Lipinski definition) is 0. The zero-order valence-electron chi connectivity index (χ0n) is 21.5. The van der Waals surface area contributed by atoms with Crippen LogP contribution in [0, 0.1) is 0 Å². The van der Waals surface area contributed by atoms with E-state index in [1.54, 1.807) is 12.1 Å². The minimum atomic E-state index is -0.502. The highest BCUT2D eigenvalue weighted by molar-refractivity contribution is 6.04. The topological polar surface area (TPSA) is 69.0 Å². The van der Waals surface area contributed by atoms with E-state index in [1.165, 1.54) is 83.5 Å². The monoisotopic (exact) mass is 477 g/mol. The molecule has 2 heterocycles. The Hall–Kier alpha value is -1.82. The van der Waals surface area contributed by atoms with Gasteiger partial charge in [0, 0.05) is 12.6 Å². The summed E-state index contributed by atoms with van der Waals surface area (Å²) < 4.78 is 16.3. The second-order valence-corrected chi connectivity index (χ2v) is 9.58. The van der Waals surface area contributed by atoms with Crippen molar-refractivity contribution >= 4 is 11.8 Å². The first-order valence-corrected chi connectivity index (χ1v) is 13.8. The summed E-state index contributed by atoms with van der Waals surface area (Å²) in [6.07, 6.45) is 19.0. The fourth-order valence-corrected chi connectivity index (χ4v) is 4.40. The van der Waals surface area contributed by atoms with Crippen LogP contribution >= 0.6 is 0 Å². The molecule has 0 bridgehead atoms. The van der Waals surface area contributed by atoms with Crippen molar-refractivity contribution in [2.45, 2.75) is 110 Å². The maximum Gasteiger partial charge on any atom is 0.313 e. The van der Waals surface area contributed by atoms with Crippen LogP contribution in [0.4, 0.5) is 0 Å². The number of rotatable bonds is 20. The Balaban J connectivity index is 1.45. The largest absolute Gasteiger partial charge is 0.465 e. The van der Waals surface area contributed by atoms with Crippen LogP contribution in [0.25, 0.3) is 0 Å². The Bertz CT molecular complexity index is 666. The lowest BCUT2D eigenvalue weighted by Crippen LogP contribution is -2.33. The predicted octanol–water partition coefficient (Wildman–Crippen LogP) is 6.96. The number of furan rings is 1. The van der Waals surface area contributed by atoms with E-state index in [4.69, 9.17) is 13.9 Å². The van der Waals surface area contributed by atoms with Crippen molar-refractivity contribution in [2.24, 2.45) is 0 Å². The smallest absolute Gasteiger partial charge is 0.313 e. The molecule has 194 valence electrons. The highest BCUT2D eigenvalue weighted by Gasteiger charge is 2.18. The number of nitrogens with zero attached hydrogens (tertiary/aromatic N) is 1. The number of hydrogen-bond acceptors (Lipinski definition) is 6. The third-order valence-corrected chi connectivity index (χ3v) is 6.52. The number of esters is 1. The number of Topliss-reactive ketones (excluding diaryl/α,β-unsaturated/α-hetero) is 1. The molecular weight excluding hydrogens is 430 g/mol. The van der Waals surface area contributed by atoms with Crippen LogP contribution in [0.3, 0.4) is 0 Å². The Kier molecular flexibility index (Phi) is 15.5. The van der Waals surface area contributed by atoms with Gasteiger partial charge in [-0.05, 0) is 38.4 Å². The molecule has 0 radical (unpaired) electrons. The van der Waals surface area contributed by atoms with E-state index in [0.717, 1.165) is 32.5 Å².